The summed E-state index contributed by atoms with van der Waals surface area (Å²) in [6.45, 7) is 7.70. The summed E-state index contributed by atoms with van der Waals surface area (Å²) in [5.41, 5.74) is -0.358. The van der Waals surface area contributed by atoms with Crippen LogP contribution in [-0.4, -0.2) is 36.9 Å². The molecule has 100 valence electrons. The van der Waals surface area contributed by atoms with Crippen LogP contribution in [0.3, 0.4) is 0 Å². The average Bonchev–Trinajstić information content (AvgIpc) is 2.28. The summed E-state index contributed by atoms with van der Waals surface area (Å²) in [5.74, 6) is 0.368. The summed E-state index contributed by atoms with van der Waals surface area (Å²) in [5, 5.41) is 12.8. The molecule has 1 heterocycles. The normalized spacial score (nSPS) is 20.0. The van der Waals surface area contributed by atoms with Gasteiger partial charge in [-0.25, -0.2) is 0 Å². The van der Waals surface area contributed by atoms with E-state index in [0.717, 1.165) is 26.1 Å². The zero-order chi connectivity index (χ0) is 12.9. The van der Waals surface area contributed by atoms with Crippen LogP contribution >= 0.6 is 0 Å². The molecule has 1 aliphatic heterocycles. The maximum atomic E-state index is 11.6. The molecule has 4 heteroatoms. The second-order valence-electron chi connectivity index (χ2n) is 5.81. The molecule has 1 saturated heterocycles. The molecule has 1 amide bonds. The third-order valence-corrected chi connectivity index (χ3v) is 3.22. The molecule has 0 radical (unpaired) electrons. The fourth-order valence-corrected chi connectivity index (χ4v) is 1.94. The van der Waals surface area contributed by atoms with Crippen molar-refractivity contribution in [3.63, 3.8) is 0 Å². The molecule has 0 unspecified atom stereocenters. The van der Waals surface area contributed by atoms with Gasteiger partial charge in [-0.2, -0.15) is 0 Å². The molecule has 0 saturated carbocycles. The van der Waals surface area contributed by atoms with Gasteiger partial charge in [0.05, 0.1) is 6.10 Å². The number of hydrogen-bond donors (Lipinski definition) is 2. The standard InChI is InChI=1S/C13H25NO3/c1-13(2,3)12(16)14-7-4-11(15)10-5-8-17-9-6-10/h10-11,15H,4-9H2,1-3H3,(H,14,16)/t11-/m1/s1. The molecule has 1 atom stereocenters. The van der Waals surface area contributed by atoms with Crippen molar-refractivity contribution in [2.75, 3.05) is 19.8 Å². The first kappa shape index (κ1) is 14.5. The van der Waals surface area contributed by atoms with Gasteiger partial charge in [0.1, 0.15) is 0 Å². The maximum absolute atomic E-state index is 11.6. The number of aliphatic hydroxyl groups excluding tert-OH is 1. The van der Waals surface area contributed by atoms with Gasteiger partial charge in [-0.1, -0.05) is 20.8 Å². The Kier molecular flexibility index (Phi) is 5.40. The Hall–Kier alpha value is -0.610. The van der Waals surface area contributed by atoms with E-state index in [1.807, 2.05) is 20.8 Å². The van der Waals surface area contributed by atoms with Crippen LogP contribution in [0.5, 0.6) is 0 Å². The molecule has 4 nitrogen and oxygen atoms in total. The average molecular weight is 243 g/mol. The van der Waals surface area contributed by atoms with E-state index < -0.39 is 0 Å². The molecule has 17 heavy (non-hydrogen) atoms. The quantitative estimate of drug-likeness (QED) is 0.783. The number of ether oxygens (including phenoxy) is 1. The molecule has 2 N–H and O–H groups in total. The summed E-state index contributed by atoms with van der Waals surface area (Å²) in [7, 11) is 0. The number of aliphatic hydroxyl groups is 1. The van der Waals surface area contributed by atoms with Crippen molar-refractivity contribution >= 4 is 5.91 Å². The molecule has 0 aromatic heterocycles. The lowest BCUT2D eigenvalue weighted by molar-refractivity contribution is -0.128. The number of carbonyl (C=O) groups excluding carboxylic acids is 1. The summed E-state index contributed by atoms with van der Waals surface area (Å²) in [4.78, 5) is 11.6. The van der Waals surface area contributed by atoms with E-state index in [4.69, 9.17) is 4.74 Å². The molecule has 0 aromatic carbocycles. The van der Waals surface area contributed by atoms with Gasteiger partial charge in [0.25, 0.3) is 0 Å². The second-order valence-corrected chi connectivity index (χ2v) is 5.81. The number of rotatable bonds is 4. The smallest absolute Gasteiger partial charge is 0.225 e. The summed E-state index contributed by atoms with van der Waals surface area (Å²) in [6, 6.07) is 0. The van der Waals surface area contributed by atoms with Crippen molar-refractivity contribution in [1.29, 1.82) is 0 Å². The monoisotopic (exact) mass is 243 g/mol. The summed E-state index contributed by atoms with van der Waals surface area (Å²) < 4.78 is 5.26. The fraction of sp³-hybridized carbons (Fsp3) is 0.923. The van der Waals surface area contributed by atoms with Crippen molar-refractivity contribution in [3.05, 3.63) is 0 Å². The van der Waals surface area contributed by atoms with Crippen molar-refractivity contribution in [3.8, 4) is 0 Å². The number of amides is 1. The lowest BCUT2D eigenvalue weighted by atomic mass is 9.91. The first-order valence-corrected chi connectivity index (χ1v) is 6.45. The van der Waals surface area contributed by atoms with Gasteiger partial charge < -0.3 is 15.2 Å². The fourth-order valence-electron chi connectivity index (χ4n) is 1.94. The topological polar surface area (TPSA) is 58.6 Å². The van der Waals surface area contributed by atoms with E-state index in [1.165, 1.54) is 0 Å². The lowest BCUT2D eigenvalue weighted by Gasteiger charge is -2.27. The molecule has 0 aliphatic carbocycles. The summed E-state index contributed by atoms with van der Waals surface area (Å²) in [6.07, 6.45) is 2.16. The Morgan fingerprint density at radius 3 is 2.53 bits per heavy atom. The van der Waals surface area contributed by atoms with Crippen LogP contribution < -0.4 is 5.32 Å². The predicted octanol–water partition coefficient (Wildman–Crippen LogP) is 1.33. The zero-order valence-corrected chi connectivity index (χ0v) is 11.2. The highest BCUT2D eigenvalue weighted by atomic mass is 16.5. The lowest BCUT2D eigenvalue weighted by Crippen LogP contribution is -2.37. The first-order chi connectivity index (χ1) is 7.91. The minimum Gasteiger partial charge on any atom is -0.393 e. The van der Waals surface area contributed by atoms with E-state index in [9.17, 15) is 9.90 Å². The SMILES string of the molecule is CC(C)(C)C(=O)NCC[C@@H](O)C1CCOCC1. The Balaban J connectivity index is 2.19. The highest BCUT2D eigenvalue weighted by Crippen LogP contribution is 2.20. The molecule has 1 aliphatic rings. The molecular formula is C13H25NO3. The van der Waals surface area contributed by atoms with Crippen molar-refractivity contribution in [2.45, 2.75) is 46.1 Å². The minimum atomic E-state index is -0.358. The van der Waals surface area contributed by atoms with Crippen LogP contribution in [0.25, 0.3) is 0 Å². The van der Waals surface area contributed by atoms with Crippen LogP contribution in [-0.2, 0) is 9.53 Å². The molecule has 0 spiro atoms. The third kappa shape index (κ3) is 5.04. The van der Waals surface area contributed by atoms with Crippen molar-refractivity contribution in [2.24, 2.45) is 11.3 Å². The zero-order valence-electron chi connectivity index (χ0n) is 11.2. The van der Waals surface area contributed by atoms with Gasteiger partial charge in [-0.3, -0.25) is 4.79 Å². The molecular weight excluding hydrogens is 218 g/mol. The molecule has 1 fully saturated rings. The van der Waals surface area contributed by atoms with Crippen LogP contribution in [0.2, 0.25) is 0 Å². The van der Waals surface area contributed by atoms with E-state index in [-0.39, 0.29) is 17.4 Å². The van der Waals surface area contributed by atoms with Crippen molar-refractivity contribution in [1.82, 2.24) is 5.32 Å². The third-order valence-electron chi connectivity index (χ3n) is 3.22. The highest BCUT2D eigenvalue weighted by molar-refractivity contribution is 5.81. The van der Waals surface area contributed by atoms with Crippen molar-refractivity contribution < 1.29 is 14.6 Å². The van der Waals surface area contributed by atoms with Crippen LogP contribution in [0, 0.1) is 11.3 Å². The Morgan fingerprint density at radius 1 is 1.41 bits per heavy atom. The van der Waals surface area contributed by atoms with E-state index in [1.54, 1.807) is 0 Å². The molecule has 0 bridgehead atoms. The first-order valence-electron chi connectivity index (χ1n) is 6.45. The van der Waals surface area contributed by atoms with E-state index >= 15 is 0 Å². The Labute approximate surface area is 104 Å². The van der Waals surface area contributed by atoms with Gasteiger partial charge in [0, 0.05) is 25.2 Å². The van der Waals surface area contributed by atoms with Gasteiger partial charge in [-0.05, 0) is 25.2 Å². The molecule has 0 aromatic rings. The predicted molar refractivity (Wildman–Crippen MR) is 66.6 cm³/mol. The number of nitrogens with one attached hydrogen (secondary N) is 1. The van der Waals surface area contributed by atoms with Crippen LogP contribution in [0.4, 0.5) is 0 Å². The van der Waals surface area contributed by atoms with E-state index in [2.05, 4.69) is 5.32 Å². The van der Waals surface area contributed by atoms with Gasteiger partial charge >= 0.3 is 0 Å². The highest BCUT2D eigenvalue weighted by Gasteiger charge is 2.23. The summed E-state index contributed by atoms with van der Waals surface area (Å²) >= 11 is 0. The van der Waals surface area contributed by atoms with Gasteiger partial charge in [0.2, 0.25) is 5.91 Å². The Morgan fingerprint density at radius 2 is 2.00 bits per heavy atom. The van der Waals surface area contributed by atoms with Crippen LogP contribution in [0.15, 0.2) is 0 Å². The number of hydrogen-bond acceptors (Lipinski definition) is 3. The minimum absolute atomic E-state index is 0.0386. The number of carbonyl (C=O) groups is 1. The largest absolute Gasteiger partial charge is 0.393 e. The van der Waals surface area contributed by atoms with Gasteiger partial charge in [0.15, 0.2) is 0 Å². The van der Waals surface area contributed by atoms with Crippen LogP contribution in [0.1, 0.15) is 40.0 Å². The maximum Gasteiger partial charge on any atom is 0.225 e. The second kappa shape index (κ2) is 6.36. The molecule has 1 rings (SSSR count). The van der Waals surface area contributed by atoms with E-state index in [0.29, 0.717) is 18.9 Å². The van der Waals surface area contributed by atoms with Gasteiger partial charge in [-0.15, -0.1) is 0 Å². The Bertz CT molecular complexity index is 242.